The Hall–Kier alpha value is -3.81. The predicted octanol–water partition coefficient (Wildman–Crippen LogP) is 3.41. The van der Waals surface area contributed by atoms with Gasteiger partial charge in [0.2, 0.25) is 5.91 Å². The van der Waals surface area contributed by atoms with Crippen LogP contribution in [0, 0.1) is 0 Å². The lowest BCUT2D eigenvalue weighted by Gasteiger charge is -2.27. The van der Waals surface area contributed by atoms with E-state index in [1.165, 1.54) is 18.1 Å². The van der Waals surface area contributed by atoms with Gasteiger partial charge in [0.1, 0.15) is 0 Å². The fraction of sp³-hybridized carbons (Fsp3) is 0.292. The van der Waals surface area contributed by atoms with Crippen molar-refractivity contribution in [3.8, 4) is 11.5 Å². The predicted molar refractivity (Wildman–Crippen MR) is 121 cm³/mol. The molecule has 1 aliphatic heterocycles. The quantitative estimate of drug-likeness (QED) is 0.526. The molecule has 0 saturated carbocycles. The Bertz CT molecular complexity index is 1030. The third kappa shape index (κ3) is 5.46. The van der Waals surface area contributed by atoms with Gasteiger partial charge >= 0.3 is 5.97 Å². The minimum Gasteiger partial charge on any atom is -0.493 e. The summed E-state index contributed by atoms with van der Waals surface area (Å²) in [7, 11) is 1.54. The number of carbonyl (C=O) groups excluding carboxylic acids is 3. The third-order valence-corrected chi connectivity index (χ3v) is 4.87. The van der Waals surface area contributed by atoms with Gasteiger partial charge in [-0.25, -0.2) is 4.79 Å². The van der Waals surface area contributed by atoms with Gasteiger partial charge in [-0.2, -0.15) is 0 Å². The summed E-state index contributed by atoms with van der Waals surface area (Å²) in [5.41, 5.74) is 1.84. The van der Waals surface area contributed by atoms with E-state index in [1.807, 2.05) is 6.92 Å². The number of anilines is 2. The Morgan fingerprint density at radius 1 is 1.19 bits per heavy atom. The zero-order valence-electron chi connectivity index (χ0n) is 18.3. The van der Waals surface area contributed by atoms with Crippen LogP contribution in [-0.2, 0) is 19.1 Å². The number of nitrogens with one attached hydrogen (secondary N) is 1. The highest BCUT2D eigenvalue weighted by atomic mass is 16.5. The maximum absolute atomic E-state index is 12.8. The molecule has 32 heavy (non-hydrogen) atoms. The molecule has 0 saturated heterocycles. The lowest BCUT2D eigenvalue weighted by atomic mass is 10.1. The van der Waals surface area contributed by atoms with E-state index in [2.05, 4.69) is 5.32 Å². The zero-order chi connectivity index (χ0) is 23.1. The second kappa shape index (κ2) is 10.5. The van der Waals surface area contributed by atoms with Crippen molar-refractivity contribution >= 4 is 35.2 Å². The van der Waals surface area contributed by atoms with E-state index >= 15 is 0 Å². The molecule has 0 fully saturated rings. The maximum atomic E-state index is 12.8. The number of nitrogens with zero attached hydrogens (tertiary/aromatic N) is 1. The molecule has 0 radical (unpaired) electrons. The van der Waals surface area contributed by atoms with Gasteiger partial charge < -0.3 is 24.4 Å². The Morgan fingerprint density at radius 3 is 2.72 bits per heavy atom. The van der Waals surface area contributed by atoms with Crippen LogP contribution in [0.2, 0.25) is 0 Å². The summed E-state index contributed by atoms with van der Waals surface area (Å²) in [5.74, 6) is -0.0808. The summed E-state index contributed by atoms with van der Waals surface area (Å²) >= 11 is 0. The number of hydrogen-bond donors (Lipinski definition) is 1. The molecule has 2 amide bonds. The highest BCUT2D eigenvalue weighted by Gasteiger charge is 2.29. The molecule has 0 aromatic heterocycles. The van der Waals surface area contributed by atoms with E-state index < -0.39 is 18.5 Å². The molecule has 0 aliphatic carbocycles. The average Bonchev–Trinajstić information content (AvgIpc) is 2.91. The molecule has 0 unspecified atom stereocenters. The summed E-state index contributed by atoms with van der Waals surface area (Å²) in [5, 5.41) is 2.79. The molecule has 8 nitrogen and oxygen atoms in total. The number of para-hydroxylation sites is 2. The summed E-state index contributed by atoms with van der Waals surface area (Å²) in [4.78, 5) is 38.6. The smallest absolute Gasteiger partial charge is 0.331 e. The number of benzene rings is 2. The van der Waals surface area contributed by atoms with Crippen LogP contribution in [-0.4, -0.2) is 44.1 Å². The van der Waals surface area contributed by atoms with E-state index in [-0.39, 0.29) is 18.4 Å². The van der Waals surface area contributed by atoms with Gasteiger partial charge in [0, 0.05) is 18.5 Å². The molecule has 2 aromatic carbocycles. The van der Waals surface area contributed by atoms with Crippen LogP contribution in [0.15, 0.2) is 48.5 Å². The molecule has 1 heterocycles. The molecule has 0 spiro atoms. The Balaban J connectivity index is 1.65. The fourth-order valence-electron chi connectivity index (χ4n) is 3.45. The van der Waals surface area contributed by atoms with E-state index in [1.54, 1.807) is 55.5 Å². The molecular weight excluding hydrogens is 412 g/mol. The van der Waals surface area contributed by atoms with Gasteiger partial charge in [-0.05, 0) is 49.8 Å². The molecule has 1 atom stereocenters. The minimum atomic E-state index is -0.656. The first-order chi connectivity index (χ1) is 15.4. The molecule has 168 valence electrons. The van der Waals surface area contributed by atoms with Crippen molar-refractivity contribution in [2.45, 2.75) is 26.3 Å². The van der Waals surface area contributed by atoms with Crippen molar-refractivity contribution in [3.05, 3.63) is 54.1 Å². The van der Waals surface area contributed by atoms with Crippen molar-refractivity contribution in [1.29, 1.82) is 0 Å². The Labute approximate surface area is 186 Å². The van der Waals surface area contributed by atoms with Crippen LogP contribution in [0.1, 0.15) is 25.8 Å². The number of amides is 2. The second-order valence-electron chi connectivity index (χ2n) is 7.17. The standard InChI is InChI=1S/C24H26N2O6/c1-4-31-20-11-9-17(14-21(20)30-3)10-12-24(29)32-15-23(28)26-16(2)13-22(27)25-18-7-5-6-8-19(18)26/h5-12,14,16H,4,13,15H2,1-3H3,(H,25,27)/b12-10+/t16-/m1/s1. The number of ether oxygens (including phenoxy) is 3. The number of esters is 1. The summed E-state index contributed by atoms with van der Waals surface area (Å²) in [6.45, 7) is 3.73. The van der Waals surface area contributed by atoms with E-state index in [0.29, 0.717) is 35.0 Å². The van der Waals surface area contributed by atoms with Crippen LogP contribution in [0.25, 0.3) is 6.08 Å². The molecule has 1 aliphatic rings. The van der Waals surface area contributed by atoms with Gasteiger partial charge in [0.05, 0.1) is 25.1 Å². The first kappa shape index (κ1) is 22.9. The summed E-state index contributed by atoms with van der Waals surface area (Å²) in [6.07, 6.45) is 2.96. The molecule has 3 rings (SSSR count). The molecule has 8 heteroatoms. The number of methoxy groups -OCH3 is 1. The largest absolute Gasteiger partial charge is 0.493 e. The van der Waals surface area contributed by atoms with Crippen molar-refractivity contribution < 1.29 is 28.6 Å². The van der Waals surface area contributed by atoms with Crippen molar-refractivity contribution in [2.24, 2.45) is 0 Å². The number of fused-ring (bicyclic) bond motifs is 1. The van der Waals surface area contributed by atoms with Gasteiger partial charge in [-0.1, -0.05) is 18.2 Å². The van der Waals surface area contributed by atoms with Gasteiger partial charge in [0.25, 0.3) is 5.91 Å². The lowest BCUT2D eigenvalue weighted by Crippen LogP contribution is -2.41. The van der Waals surface area contributed by atoms with Crippen LogP contribution < -0.4 is 19.7 Å². The first-order valence-electron chi connectivity index (χ1n) is 10.3. The van der Waals surface area contributed by atoms with Crippen LogP contribution >= 0.6 is 0 Å². The first-order valence-corrected chi connectivity index (χ1v) is 10.3. The fourth-order valence-corrected chi connectivity index (χ4v) is 3.45. The van der Waals surface area contributed by atoms with Crippen molar-refractivity contribution in [3.63, 3.8) is 0 Å². The van der Waals surface area contributed by atoms with E-state index in [4.69, 9.17) is 14.2 Å². The van der Waals surface area contributed by atoms with Crippen LogP contribution in [0.3, 0.4) is 0 Å². The molecule has 2 aromatic rings. The monoisotopic (exact) mass is 438 g/mol. The summed E-state index contributed by atoms with van der Waals surface area (Å²) in [6, 6.07) is 11.9. The normalized spacial score (nSPS) is 15.5. The van der Waals surface area contributed by atoms with Crippen LogP contribution in [0.5, 0.6) is 11.5 Å². The SMILES string of the molecule is CCOc1ccc(/C=C/C(=O)OCC(=O)N2c3ccccc3NC(=O)C[C@H]2C)cc1OC. The van der Waals surface area contributed by atoms with E-state index in [0.717, 1.165) is 0 Å². The average molecular weight is 438 g/mol. The Morgan fingerprint density at radius 2 is 1.97 bits per heavy atom. The second-order valence-corrected chi connectivity index (χ2v) is 7.17. The van der Waals surface area contributed by atoms with Crippen molar-refractivity contribution in [2.75, 3.05) is 30.5 Å². The van der Waals surface area contributed by atoms with Gasteiger partial charge in [-0.15, -0.1) is 0 Å². The number of hydrogen-bond acceptors (Lipinski definition) is 6. The van der Waals surface area contributed by atoms with Crippen molar-refractivity contribution in [1.82, 2.24) is 0 Å². The number of rotatable bonds is 7. The van der Waals surface area contributed by atoms with E-state index in [9.17, 15) is 14.4 Å². The van der Waals surface area contributed by atoms with Crippen LogP contribution in [0.4, 0.5) is 11.4 Å². The molecular formula is C24H26N2O6. The third-order valence-electron chi connectivity index (χ3n) is 4.87. The highest BCUT2D eigenvalue weighted by molar-refractivity contribution is 6.05. The lowest BCUT2D eigenvalue weighted by molar-refractivity contribution is -0.143. The maximum Gasteiger partial charge on any atom is 0.331 e. The molecule has 0 bridgehead atoms. The minimum absolute atomic E-state index is 0.147. The number of carbonyl (C=O) groups is 3. The highest BCUT2D eigenvalue weighted by Crippen LogP contribution is 2.31. The van der Waals surface area contributed by atoms with Gasteiger partial charge in [-0.3, -0.25) is 9.59 Å². The van der Waals surface area contributed by atoms with Gasteiger partial charge in [0.15, 0.2) is 18.1 Å². The zero-order valence-corrected chi connectivity index (χ0v) is 18.3. The topological polar surface area (TPSA) is 94.2 Å². The molecule has 1 N–H and O–H groups in total. The Kier molecular flexibility index (Phi) is 7.49. The summed E-state index contributed by atoms with van der Waals surface area (Å²) < 4.78 is 15.9.